The summed E-state index contributed by atoms with van der Waals surface area (Å²) in [7, 11) is 1.73. The van der Waals surface area contributed by atoms with E-state index < -0.39 is 0 Å². The number of fused-ring (bicyclic) bond motifs is 1. The van der Waals surface area contributed by atoms with Gasteiger partial charge in [-0.2, -0.15) is 0 Å². The molecular formula is C22H31NO3. The van der Waals surface area contributed by atoms with Crippen molar-refractivity contribution in [2.45, 2.75) is 58.6 Å². The number of amides is 1. The summed E-state index contributed by atoms with van der Waals surface area (Å²) in [6.45, 7) is 7.38. The van der Waals surface area contributed by atoms with Crippen molar-refractivity contribution >= 4 is 5.91 Å². The number of hydrogen-bond acceptors (Lipinski definition) is 3. The van der Waals surface area contributed by atoms with Crippen LogP contribution in [0.3, 0.4) is 0 Å². The highest BCUT2D eigenvalue weighted by atomic mass is 16.5. The van der Waals surface area contributed by atoms with Crippen molar-refractivity contribution in [3.8, 4) is 5.75 Å². The highest BCUT2D eigenvalue weighted by molar-refractivity contribution is 5.76. The minimum absolute atomic E-state index is 0.0574. The average molecular weight is 357 g/mol. The monoisotopic (exact) mass is 357 g/mol. The third-order valence-corrected chi connectivity index (χ3v) is 7.58. The van der Waals surface area contributed by atoms with Crippen LogP contribution in [-0.4, -0.2) is 25.7 Å². The van der Waals surface area contributed by atoms with E-state index in [1.54, 1.807) is 7.11 Å². The molecule has 1 heterocycles. The lowest BCUT2D eigenvalue weighted by atomic mass is 9.58. The van der Waals surface area contributed by atoms with Gasteiger partial charge in [0.25, 0.3) is 0 Å². The normalized spacial score (nSPS) is 37.2. The first-order chi connectivity index (χ1) is 12.4. The molecule has 2 bridgehead atoms. The Labute approximate surface area is 156 Å². The first-order valence-corrected chi connectivity index (χ1v) is 9.98. The summed E-state index contributed by atoms with van der Waals surface area (Å²) in [4.78, 5) is 12.3. The van der Waals surface area contributed by atoms with Crippen molar-refractivity contribution in [2.75, 3.05) is 13.7 Å². The van der Waals surface area contributed by atoms with Gasteiger partial charge < -0.3 is 14.8 Å². The summed E-state index contributed by atoms with van der Waals surface area (Å²) < 4.78 is 11.9. The minimum atomic E-state index is 0.0574. The Morgan fingerprint density at radius 3 is 2.85 bits per heavy atom. The van der Waals surface area contributed by atoms with Crippen LogP contribution in [0.1, 0.15) is 58.1 Å². The van der Waals surface area contributed by atoms with Gasteiger partial charge in [-0.1, -0.05) is 39.0 Å². The predicted molar refractivity (Wildman–Crippen MR) is 101 cm³/mol. The van der Waals surface area contributed by atoms with Gasteiger partial charge in [0.15, 0.2) is 0 Å². The molecule has 1 aliphatic heterocycles. The Bertz CT molecular complexity index is 700. The van der Waals surface area contributed by atoms with E-state index in [0.717, 1.165) is 24.3 Å². The van der Waals surface area contributed by atoms with E-state index in [0.29, 0.717) is 18.3 Å². The lowest BCUT2D eigenvalue weighted by Gasteiger charge is -2.53. The van der Waals surface area contributed by atoms with Crippen LogP contribution in [0.25, 0.3) is 0 Å². The van der Waals surface area contributed by atoms with Gasteiger partial charge in [0.05, 0.1) is 13.2 Å². The predicted octanol–water partition coefficient (Wildman–Crippen LogP) is 4.10. The van der Waals surface area contributed by atoms with Crippen LogP contribution in [0.4, 0.5) is 0 Å². The molecule has 26 heavy (non-hydrogen) atoms. The zero-order valence-corrected chi connectivity index (χ0v) is 16.4. The van der Waals surface area contributed by atoms with E-state index in [9.17, 15) is 4.79 Å². The summed E-state index contributed by atoms with van der Waals surface area (Å²) in [5.74, 6) is 2.15. The average Bonchev–Trinajstić information content (AvgIpc) is 3.14. The number of rotatable bonds is 4. The van der Waals surface area contributed by atoms with Crippen molar-refractivity contribution in [3.63, 3.8) is 0 Å². The van der Waals surface area contributed by atoms with Crippen molar-refractivity contribution < 1.29 is 14.3 Å². The fourth-order valence-corrected chi connectivity index (χ4v) is 6.26. The lowest BCUT2D eigenvalue weighted by Crippen LogP contribution is -2.58. The zero-order valence-electron chi connectivity index (χ0n) is 16.4. The summed E-state index contributed by atoms with van der Waals surface area (Å²) in [6, 6.07) is 8.46. The molecule has 5 atom stereocenters. The molecule has 0 radical (unpaired) electrons. The number of nitrogens with one attached hydrogen (secondary N) is 1. The summed E-state index contributed by atoms with van der Waals surface area (Å²) in [5.41, 5.74) is 1.44. The molecule has 4 heteroatoms. The summed E-state index contributed by atoms with van der Waals surface area (Å²) in [6.07, 6.45) is 4.02. The number of carbonyl (C=O) groups excluding carboxylic acids is 1. The molecule has 2 aliphatic carbocycles. The number of carbonyl (C=O) groups is 1. The van der Waals surface area contributed by atoms with Gasteiger partial charge in [-0.25, -0.2) is 0 Å². The first kappa shape index (κ1) is 17.8. The second-order valence-corrected chi connectivity index (χ2v) is 8.94. The third kappa shape index (κ3) is 2.41. The van der Waals surface area contributed by atoms with Crippen LogP contribution < -0.4 is 10.1 Å². The molecule has 4 nitrogen and oxygen atoms in total. The molecule has 1 saturated heterocycles. The summed E-state index contributed by atoms with van der Waals surface area (Å²) in [5, 5.41) is 3.42. The van der Waals surface area contributed by atoms with Crippen LogP contribution in [0.15, 0.2) is 24.3 Å². The van der Waals surface area contributed by atoms with Gasteiger partial charge in [-0.15, -0.1) is 0 Å². The zero-order chi connectivity index (χ0) is 18.5. The minimum Gasteiger partial charge on any atom is -0.496 e. The van der Waals surface area contributed by atoms with Crippen LogP contribution >= 0.6 is 0 Å². The van der Waals surface area contributed by atoms with Gasteiger partial charge in [-0.05, 0) is 48.0 Å². The molecule has 1 amide bonds. The van der Waals surface area contributed by atoms with Crippen molar-refractivity contribution in [1.82, 2.24) is 5.32 Å². The van der Waals surface area contributed by atoms with Gasteiger partial charge in [-0.3, -0.25) is 4.79 Å². The molecule has 142 valence electrons. The second-order valence-electron chi connectivity index (χ2n) is 8.94. The largest absolute Gasteiger partial charge is 0.496 e. The van der Waals surface area contributed by atoms with E-state index in [4.69, 9.17) is 9.47 Å². The third-order valence-electron chi connectivity index (χ3n) is 7.58. The maximum Gasteiger partial charge on any atom is 0.219 e. The Morgan fingerprint density at radius 1 is 1.35 bits per heavy atom. The molecule has 3 aliphatic rings. The highest BCUT2D eigenvalue weighted by Gasteiger charge is 2.68. The maximum atomic E-state index is 12.3. The quantitative estimate of drug-likeness (QED) is 0.882. The molecule has 0 unspecified atom stereocenters. The topological polar surface area (TPSA) is 47.6 Å². The molecule has 1 aromatic carbocycles. The van der Waals surface area contributed by atoms with Crippen molar-refractivity contribution in [2.24, 2.45) is 22.7 Å². The molecule has 1 spiro atoms. The molecule has 1 aromatic rings. The van der Waals surface area contributed by atoms with E-state index in [2.05, 4.69) is 31.3 Å². The molecule has 3 fully saturated rings. The number of benzene rings is 1. The second kappa shape index (κ2) is 6.26. The number of methoxy groups -OCH3 is 1. The van der Waals surface area contributed by atoms with Crippen molar-refractivity contribution in [3.05, 3.63) is 29.8 Å². The Morgan fingerprint density at radius 2 is 2.12 bits per heavy atom. The Hall–Kier alpha value is -1.55. The van der Waals surface area contributed by atoms with E-state index >= 15 is 0 Å². The molecule has 0 aromatic heterocycles. The smallest absolute Gasteiger partial charge is 0.219 e. The molecule has 1 N–H and O–H groups in total. The molecule has 2 saturated carbocycles. The number of para-hydroxylation sites is 1. The fraction of sp³-hybridized carbons (Fsp3) is 0.682. The molecular weight excluding hydrogens is 326 g/mol. The number of hydrogen-bond donors (Lipinski definition) is 1. The van der Waals surface area contributed by atoms with Gasteiger partial charge in [0.1, 0.15) is 5.75 Å². The lowest BCUT2D eigenvalue weighted by molar-refractivity contribution is -0.137. The van der Waals surface area contributed by atoms with Crippen LogP contribution in [0.2, 0.25) is 0 Å². The fourth-order valence-electron chi connectivity index (χ4n) is 6.26. The Kier molecular flexibility index (Phi) is 4.30. The van der Waals surface area contributed by atoms with E-state index in [1.165, 1.54) is 12.8 Å². The van der Waals surface area contributed by atoms with Crippen LogP contribution in [-0.2, 0) is 9.53 Å². The molecule has 4 rings (SSSR count). The number of ether oxygens (including phenoxy) is 2. The highest BCUT2D eigenvalue weighted by Crippen LogP contribution is 2.70. The van der Waals surface area contributed by atoms with Crippen LogP contribution in [0.5, 0.6) is 5.75 Å². The maximum absolute atomic E-state index is 12.3. The van der Waals surface area contributed by atoms with Gasteiger partial charge in [0.2, 0.25) is 5.91 Å². The standard InChI is InChI=1S/C22H31NO3/c1-5-18(24)23-20-21(2,3)14-12-16-19(26-11-10-22(16,20)13-14)15-8-6-7-9-17(15)25-4/h6-9,14,16,19-20H,5,10-13H2,1-4H3,(H,23,24)/t14-,16-,19-,20+,22-/m1/s1. The first-order valence-electron chi connectivity index (χ1n) is 9.98. The van der Waals surface area contributed by atoms with Gasteiger partial charge in [0, 0.05) is 24.6 Å². The van der Waals surface area contributed by atoms with Crippen LogP contribution in [0, 0.1) is 22.7 Å². The Balaban J connectivity index is 1.72. The summed E-state index contributed by atoms with van der Waals surface area (Å²) >= 11 is 0. The van der Waals surface area contributed by atoms with E-state index in [-0.39, 0.29) is 28.9 Å². The van der Waals surface area contributed by atoms with E-state index in [1.807, 2.05) is 19.1 Å². The van der Waals surface area contributed by atoms with Crippen molar-refractivity contribution in [1.29, 1.82) is 0 Å². The SMILES string of the molecule is CCC(=O)N[C@H]1C(C)(C)[C@@H]2C[C@@H]3[C@@H](c4ccccc4OC)OCC[C@@]31C2. The van der Waals surface area contributed by atoms with Gasteiger partial charge >= 0.3 is 0 Å².